The second kappa shape index (κ2) is 4.69. The molecule has 0 saturated carbocycles. The molecule has 0 spiro atoms. The first-order chi connectivity index (χ1) is 6.52. The summed E-state index contributed by atoms with van der Waals surface area (Å²) in [4.78, 5) is 15.7. The van der Waals surface area contributed by atoms with Crippen molar-refractivity contribution in [3.8, 4) is 0 Å². The van der Waals surface area contributed by atoms with Crippen molar-refractivity contribution in [3.63, 3.8) is 0 Å². The molecule has 1 heterocycles. The van der Waals surface area contributed by atoms with Crippen LogP contribution in [0.3, 0.4) is 0 Å². The Morgan fingerprint density at radius 3 is 2.43 bits per heavy atom. The molecule has 1 aromatic rings. The molecule has 0 aliphatic carbocycles. The van der Waals surface area contributed by atoms with E-state index >= 15 is 0 Å². The third kappa shape index (κ3) is 2.64. The minimum absolute atomic E-state index is 0.0805. The summed E-state index contributed by atoms with van der Waals surface area (Å²) in [6.45, 7) is 5.69. The fraction of sp³-hybridized carbons (Fsp3) is 0.455. The van der Waals surface area contributed by atoms with E-state index in [9.17, 15) is 4.79 Å². The fourth-order valence-electron chi connectivity index (χ4n) is 1.59. The number of rotatable bonds is 3. The van der Waals surface area contributed by atoms with Gasteiger partial charge in [-0.3, -0.25) is 9.78 Å². The number of carbonyl (C=O) groups is 1. The topological polar surface area (TPSA) is 30.0 Å². The van der Waals surface area contributed by atoms with Gasteiger partial charge < -0.3 is 0 Å². The molecule has 0 fully saturated rings. The number of aromatic nitrogens is 1. The second-order valence-corrected chi connectivity index (χ2v) is 4.65. The number of Topliss-reactive ketones (excluding diaryl/α,β-unsaturated/α-hetero) is 1. The smallest absolute Gasteiger partial charge is 0.139 e. The number of halogens is 1. The maximum Gasteiger partial charge on any atom is 0.139 e. The molecule has 2 nitrogen and oxygen atoms in total. The van der Waals surface area contributed by atoms with Gasteiger partial charge in [0.2, 0.25) is 0 Å². The van der Waals surface area contributed by atoms with Gasteiger partial charge in [-0.25, -0.2) is 0 Å². The van der Waals surface area contributed by atoms with E-state index in [2.05, 4.69) is 20.9 Å². The van der Waals surface area contributed by atoms with Crippen LogP contribution in [0.4, 0.5) is 0 Å². The Labute approximate surface area is 92.9 Å². The number of hydrogen-bond donors (Lipinski definition) is 0. The molecule has 0 aromatic carbocycles. The standard InChI is InChI=1S/C11H14BrNO/c1-7(2)11(8(3)14)10-5-4-9(12)6-13-10/h4-7,11H,1-3H3. The average molecular weight is 256 g/mol. The van der Waals surface area contributed by atoms with Crippen LogP contribution < -0.4 is 0 Å². The molecular formula is C11H14BrNO. The van der Waals surface area contributed by atoms with Crippen molar-refractivity contribution in [3.05, 3.63) is 28.5 Å². The molecular weight excluding hydrogens is 242 g/mol. The lowest BCUT2D eigenvalue weighted by Crippen LogP contribution is -2.16. The molecule has 0 radical (unpaired) electrons. The number of pyridine rings is 1. The predicted octanol–water partition coefficient (Wildman–Crippen LogP) is 3.17. The van der Waals surface area contributed by atoms with E-state index in [1.54, 1.807) is 13.1 Å². The first kappa shape index (κ1) is 11.4. The van der Waals surface area contributed by atoms with E-state index in [4.69, 9.17) is 0 Å². The normalized spacial score (nSPS) is 12.9. The van der Waals surface area contributed by atoms with Gasteiger partial charge in [0.1, 0.15) is 5.78 Å². The largest absolute Gasteiger partial charge is 0.299 e. The van der Waals surface area contributed by atoms with Gasteiger partial charge in [0.15, 0.2) is 0 Å². The Bertz CT molecular complexity index is 319. The van der Waals surface area contributed by atoms with E-state index in [1.165, 1.54) is 0 Å². The highest BCUT2D eigenvalue weighted by atomic mass is 79.9. The zero-order valence-electron chi connectivity index (χ0n) is 8.62. The summed E-state index contributed by atoms with van der Waals surface area (Å²) in [5, 5.41) is 0. The third-order valence-electron chi connectivity index (χ3n) is 2.17. The predicted molar refractivity (Wildman–Crippen MR) is 60.2 cm³/mol. The zero-order chi connectivity index (χ0) is 10.7. The molecule has 14 heavy (non-hydrogen) atoms. The average Bonchev–Trinajstić information content (AvgIpc) is 2.07. The van der Waals surface area contributed by atoms with Gasteiger partial charge in [-0.05, 0) is 40.9 Å². The summed E-state index contributed by atoms with van der Waals surface area (Å²) in [7, 11) is 0. The lowest BCUT2D eigenvalue weighted by Gasteiger charge is -2.16. The second-order valence-electron chi connectivity index (χ2n) is 3.73. The van der Waals surface area contributed by atoms with Gasteiger partial charge in [-0.15, -0.1) is 0 Å². The maximum atomic E-state index is 11.4. The van der Waals surface area contributed by atoms with Crippen molar-refractivity contribution >= 4 is 21.7 Å². The first-order valence-electron chi connectivity index (χ1n) is 4.64. The van der Waals surface area contributed by atoms with Gasteiger partial charge >= 0.3 is 0 Å². The molecule has 3 heteroatoms. The Hall–Kier alpha value is -0.700. The molecule has 1 aromatic heterocycles. The van der Waals surface area contributed by atoms with Crippen molar-refractivity contribution in [1.82, 2.24) is 4.98 Å². The Morgan fingerprint density at radius 1 is 1.43 bits per heavy atom. The van der Waals surface area contributed by atoms with Crippen molar-refractivity contribution < 1.29 is 4.79 Å². The van der Waals surface area contributed by atoms with E-state index in [0.29, 0.717) is 5.92 Å². The lowest BCUT2D eigenvalue weighted by molar-refractivity contribution is -0.119. The molecule has 0 amide bonds. The van der Waals surface area contributed by atoms with Crippen LogP contribution in [0, 0.1) is 5.92 Å². The van der Waals surface area contributed by atoms with E-state index in [-0.39, 0.29) is 11.7 Å². The molecule has 76 valence electrons. The van der Waals surface area contributed by atoms with E-state index < -0.39 is 0 Å². The number of hydrogen-bond acceptors (Lipinski definition) is 2. The van der Waals surface area contributed by atoms with Crippen molar-refractivity contribution in [1.29, 1.82) is 0 Å². The molecule has 1 unspecified atom stereocenters. The Balaban J connectivity index is 3.00. The van der Waals surface area contributed by atoms with Crippen LogP contribution in [0.15, 0.2) is 22.8 Å². The van der Waals surface area contributed by atoms with Crippen molar-refractivity contribution in [2.24, 2.45) is 5.92 Å². The van der Waals surface area contributed by atoms with Crippen LogP contribution in [0.1, 0.15) is 32.4 Å². The summed E-state index contributed by atoms with van der Waals surface area (Å²) in [5.41, 5.74) is 0.857. The molecule has 0 aliphatic rings. The minimum Gasteiger partial charge on any atom is -0.299 e. The van der Waals surface area contributed by atoms with Crippen LogP contribution >= 0.6 is 15.9 Å². The summed E-state index contributed by atoms with van der Waals surface area (Å²) in [5.74, 6) is 0.388. The summed E-state index contributed by atoms with van der Waals surface area (Å²) in [6, 6.07) is 3.82. The molecule has 1 atom stereocenters. The van der Waals surface area contributed by atoms with Gasteiger partial charge in [-0.2, -0.15) is 0 Å². The van der Waals surface area contributed by atoms with Gasteiger partial charge in [0.25, 0.3) is 0 Å². The van der Waals surface area contributed by atoms with E-state index in [0.717, 1.165) is 10.2 Å². The number of carbonyl (C=O) groups excluding carboxylic acids is 1. The summed E-state index contributed by atoms with van der Waals surface area (Å²) < 4.78 is 0.937. The SMILES string of the molecule is CC(=O)C(c1ccc(Br)cn1)C(C)C. The summed E-state index contributed by atoms with van der Waals surface area (Å²) in [6.07, 6.45) is 1.73. The van der Waals surface area contributed by atoms with Crippen molar-refractivity contribution in [2.45, 2.75) is 26.7 Å². The lowest BCUT2D eigenvalue weighted by atomic mass is 9.89. The number of nitrogens with zero attached hydrogens (tertiary/aromatic N) is 1. The molecule has 0 saturated heterocycles. The highest BCUT2D eigenvalue weighted by Crippen LogP contribution is 2.24. The van der Waals surface area contributed by atoms with Crippen LogP contribution in [-0.2, 0) is 4.79 Å². The van der Waals surface area contributed by atoms with Crippen LogP contribution in [0.25, 0.3) is 0 Å². The van der Waals surface area contributed by atoms with Gasteiger partial charge in [-0.1, -0.05) is 13.8 Å². The quantitative estimate of drug-likeness (QED) is 0.831. The maximum absolute atomic E-state index is 11.4. The van der Waals surface area contributed by atoms with E-state index in [1.807, 2.05) is 26.0 Å². The van der Waals surface area contributed by atoms with Gasteiger partial charge in [0.05, 0.1) is 11.6 Å². The molecule has 1 rings (SSSR count). The van der Waals surface area contributed by atoms with Crippen molar-refractivity contribution in [2.75, 3.05) is 0 Å². The zero-order valence-corrected chi connectivity index (χ0v) is 10.2. The highest BCUT2D eigenvalue weighted by Gasteiger charge is 2.21. The Morgan fingerprint density at radius 2 is 2.07 bits per heavy atom. The summed E-state index contributed by atoms with van der Waals surface area (Å²) >= 11 is 3.32. The highest BCUT2D eigenvalue weighted by molar-refractivity contribution is 9.10. The monoisotopic (exact) mass is 255 g/mol. The molecule has 0 aliphatic heterocycles. The molecule has 0 bridgehead atoms. The van der Waals surface area contributed by atoms with Crippen LogP contribution in [0.2, 0.25) is 0 Å². The first-order valence-corrected chi connectivity index (χ1v) is 5.43. The number of ketones is 1. The minimum atomic E-state index is -0.0805. The Kier molecular flexibility index (Phi) is 3.81. The fourth-order valence-corrected chi connectivity index (χ4v) is 1.82. The van der Waals surface area contributed by atoms with Gasteiger partial charge in [0, 0.05) is 10.7 Å². The third-order valence-corrected chi connectivity index (χ3v) is 2.64. The van der Waals surface area contributed by atoms with Crippen LogP contribution in [0.5, 0.6) is 0 Å². The van der Waals surface area contributed by atoms with Crippen LogP contribution in [-0.4, -0.2) is 10.8 Å². The molecule has 0 N–H and O–H groups in total.